The number of carbonyl (C=O) groups excluding carboxylic acids is 2. The molecule has 0 bridgehead atoms. The van der Waals surface area contributed by atoms with Crippen molar-refractivity contribution in [3.05, 3.63) is 30.1 Å². The lowest BCUT2D eigenvalue weighted by atomic mass is 10.0. The van der Waals surface area contributed by atoms with Crippen LogP contribution < -0.4 is 16.0 Å². The molecule has 2 saturated heterocycles. The topological polar surface area (TPSA) is 83.1 Å². The molecule has 7 heteroatoms. The molecule has 23 heavy (non-hydrogen) atoms. The van der Waals surface area contributed by atoms with Gasteiger partial charge in [0.15, 0.2) is 0 Å². The van der Waals surface area contributed by atoms with Gasteiger partial charge in [-0.2, -0.15) is 11.8 Å². The molecule has 2 fully saturated rings. The number of aromatic nitrogens is 1. The Kier molecular flexibility index (Phi) is 5.38. The summed E-state index contributed by atoms with van der Waals surface area (Å²) in [6.45, 7) is 0.486. The molecule has 3 atom stereocenters. The van der Waals surface area contributed by atoms with Crippen LogP contribution in [0.4, 0.5) is 4.79 Å². The van der Waals surface area contributed by atoms with Crippen LogP contribution in [0.25, 0.3) is 0 Å². The standard InChI is InChI=1S/C16H22N4O2S/c21-14(18-9-11-5-3-4-8-17-11)7-2-1-6-13-15-12(10-23-13)19-16(22)20-15/h3-5,8,12-13,15H,1-2,6-7,9-10H2,(H,18,21)(H2,19,20,22)/t12-,13+,15+/m1/s1. The van der Waals surface area contributed by atoms with Gasteiger partial charge in [0, 0.05) is 23.6 Å². The fourth-order valence-electron chi connectivity index (χ4n) is 3.05. The predicted octanol–water partition coefficient (Wildman–Crippen LogP) is 1.42. The van der Waals surface area contributed by atoms with Crippen LogP contribution in [0.1, 0.15) is 31.4 Å². The van der Waals surface area contributed by atoms with E-state index in [-0.39, 0.29) is 24.0 Å². The van der Waals surface area contributed by atoms with Crippen molar-refractivity contribution >= 4 is 23.7 Å². The van der Waals surface area contributed by atoms with Crippen LogP contribution in [0.3, 0.4) is 0 Å². The Balaban J connectivity index is 1.29. The van der Waals surface area contributed by atoms with Gasteiger partial charge < -0.3 is 16.0 Å². The number of urea groups is 1. The van der Waals surface area contributed by atoms with Crippen LogP contribution in [0.15, 0.2) is 24.4 Å². The van der Waals surface area contributed by atoms with Crippen LogP contribution in [0.2, 0.25) is 0 Å². The van der Waals surface area contributed by atoms with E-state index in [1.807, 2.05) is 30.0 Å². The molecule has 0 aromatic carbocycles. The summed E-state index contributed by atoms with van der Waals surface area (Å²) in [6, 6.07) is 6.17. The lowest BCUT2D eigenvalue weighted by Crippen LogP contribution is -2.36. The van der Waals surface area contributed by atoms with Crippen molar-refractivity contribution in [3.63, 3.8) is 0 Å². The Hall–Kier alpha value is -1.76. The van der Waals surface area contributed by atoms with E-state index in [9.17, 15) is 9.59 Å². The molecule has 3 N–H and O–H groups in total. The zero-order valence-corrected chi connectivity index (χ0v) is 13.8. The van der Waals surface area contributed by atoms with Crippen molar-refractivity contribution in [1.82, 2.24) is 20.9 Å². The minimum Gasteiger partial charge on any atom is -0.350 e. The van der Waals surface area contributed by atoms with Crippen molar-refractivity contribution in [3.8, 4) is 0 Å². The molecule has 0 spiro atoms. The Morgan fingerprint density at radius 2 is 2.26 bits per heavy atom. The van der Waals surface area contributed by atoms with Crippen molar-refractivity contribution in [2.45, 2.75) is 49.6 Å². The third-order valence-corrected chi connectivity index (χ3v) is 5.78. The Bertz CT molecular complexity index is 554. The molecule has 0 aliphatic carbocycles. The van der Waals surface area contributed by atoms with Crippen molar-refractivity contribution in [1.29, 1.82) is 0 Å². The maximum Gasteiger partial charge on any atom is 0.315 e. The van der Waals surface area contributed by atoms with E-state index in [0.717, 1.165) is 30.7 Å². The Morgan fingerprint density at radius 1 is 1.35 bits per heavy atom. The van der Waals surface area contributed by atoms with Gasteiger partial charge in [-0.3, -0.25) is 9.78 Å². The second-order valence-corrected chi connectivity index (χ2v) is 7.24. The summed E-state index contributed by atoms with van der Waals surface area (Å²) in [4.78, 5) is 27.3. The second kappa shape index (κ2) is 7.68. The van der Waals surface area contributed by atoms with Gasteiger partial charge in [-0.15, -0.1) is 0 Å². The summed E-state index contributed by atoms with van der Waals surface area (Å²) in [5, 5.41) is 9.31. The monoisotopic (exact) mass is 334 g/mol. The highest BCUT2D eigenvalue weighted by atomic mass is 32.2. The molecule has 1 aromatic rings. The number of unbranched alkanes of at least 4 members (excludes halogenated alkanes) is 1. The molecule has 0 saturated carbocycles. The van der Waals surface area contributed by atoms with Gasteiger partial charge in [-0.25, -0.2) is 4.79 Å². The molecule has 124 valence electrons. The van der Waals surface area contributed by atoms with E-state index in [1.54, 1.807) is 6.20 Å². The first-order valence-electron chi connectivity index (χ1n) is 8.07. The summed E-state index contributed by atoms with van der Waals surface area (Å²) in [6.07, 6.45) is 5.20. The van der Waals surface area contributed by atoms with E-state index in [4.69, 9.17) is 0 Å². The first-order chi connectivity index (χ1) is 11.2. The number of pyridine rings is 1. The van der Waals surface area contributed by atoms with Gasteiger partial charge in [-0.05, 0) is 25.0 Å². The highest BCUT2D eigenvalue weighted by molar-refractivity contribution is 8.00. The molecule has 6 nitrogen and oxygen atoms in total. The van der Waals surface area contributed by atoms with Gasteiger partial charge in [-0.1, -0.05) is 12.5 Å². The van der Waals surface area contributed by atoms with Crippen LogP contribution in [-0.2, 0) is 11.3 Å². The Morgan fingerprint density at radius 3 is 3.09 bits per heavy atom. The van der Waals surface area contributed by atoms with Crippen LogP contribution >= 0.6 is 11.8 Å². The van der Waals surface area contributed by atoms with Crippen molar-refractivity contribution in [2.24, 2.45) is 0 Å². The van der Waals surface area contributed by atoms with Crippen LogP contribution in [-0.4, -0.2) is 40.0 Å². The zero-order chi connectivity index (χ0) is 16.1. The lowest BCUT2D eigenvalue weighted by molar-refractivity contribution is -0.121. The molecular weight excluding hydrogens is 312 g/mol. The van der Waals surface area contributed by atoms with E-state index >= 15 is 0 Å². The second-order valence-electron chi connectivity index (χ2n) is 5.97. The molecule has 3 heterocycles. The summed E-state index contributed by atoms with van der Waals surface area (Å²) >= 11 is 1.92. The third-order valence-electron chi connectivity index (χ3n) is 4.27. The molecule has 0 radical (unpaired) electrons. The number of hydrogen-bond donors (Lipinski definition) is 3. The minimum absolute atomic E-state index is 0.0424. The number of thioether (sulfide) groups is 1. The van der Waals surface area contributed by atoms with Crippen molar-refractivity contribution < 1.29 is 9.59 Å². The average molecular weight is 334 g/mol. The average Bonchev–Trinajstić information content (AvgIpc) is 3.10. The molecule has 3 amide bonds. The van der Waals surface area contributed by atoms with Gasteiger partial charge in [0.25, 0.3) is 0 Å². The number of fused-ring (bicyclic) bond motifs is 1. The fraction of sp³-hybridized carbons (Fsp3) is 0.562. The van der Waals surface area contributed by atoms with E-state index in [1.165, 1.54) is 0 Å². The maximum absolute atomic E-state index is 11.8. The molecule has 2 aliphatic rings. The number of nitrogens with zero attached hydrogens (tertiary/aromatic N) is 1. The first kappa shape index (κ1) is 16.1. The minimum atomic E-state index is -0.0424. The highest BCUT2D eigenvalue weighted by Gasteiger charge is 2.42. The fourth-order valence-corrected chi connectivity index (χ4v) is 4.60. The van der Waals surface area contributed by atoms with Crippen LogP contribution in [0, 0.1) is 0 Å². The summed E-state index contributed by atoms with van der Waals surface area (Å²) < 4.78 is 0. The largest absolute Gasteiger partial charge is 0.350 e. The number of nitrogens with one attached hydrogen (secondary N) is 3. The van der Waals surface area contributed by atoms with Gasteiger partial charge >= 0.3 is 6.03 Å². The maximum atomic E-state index is 11.8. The molecular formula is C16H22N4O2S. The SMILES string of the molecule is O=C(CCCC[C@@H]1SC[C@H]2NC(=O)N[C@H]12)NCc1ccccn1. The first-order valence-corrected chi connectivity index (χ1v) is 9.12. The third kappa shape index (κ3) is 4.37. The molecule has 1 aromatic heterocycles. The summed E-state index contributed by atoms with van der Waals surface area (Å²) in [5.74, 6) is 1.06. The molecule has 3 rings (SSSR count). The number of hydrogen-bond acceptors (Lipinski definition) is 4. The number of carbonyl (C=O) groups is 2. The van der Waals surface area contributed by atoms with E-state index in [2.05, 4.69) is 20.9 Å². The van der Waals surface area contributed by atoms with E-state index in [0.29, 0.717) is 18.2 Å². The highest BCUT2D eigenvalue weighted by Crippen LogP contribution is 2.33. The summed E-state index contributed by atoms with van der Waals surface area (Å²) in [7, 11) is 0. The normalized spacial score (nSPS) is 25.6. The predicted molar refractivity (Wildman–Crippen MR) is 90.0 cm³/mol. The van der Waals surface area contributed by atoms with E-state index < -0.39 is 0 Å². The van der Waals surface area contributed by atoms with Gasteiger partial charge in [0.05, 0.1) is 24.3 Å². The number of amides is 3. The van der Waals surface area contributed by atoms with Gasteiger partial charge in [0.2, 0.25) is 5.91 Å². The number of rotatable bonds is 7. The van der Waals surface area contributed by atoms with Gasteiger partial charge in [0.1, 0.15) is 0 Å². The lowest BCUT2D eigenvalue weighted by Gasteiger charge is -2.16. The molecule has 2 aliphatic heterocycles. The van der Waals surface area contributed by atoms with Crippen LogP contribution in [0.5, 0.6) is 0 Å². The van der Waals surface area contributed by atoms with Crippen molar-refractivity contribution in [2.75, 3.05) is 5.75 Å². The zero-order valence-electron chi connectivity index (χ0n) is 13.0. The Labute approximate surface area is 140 Å². The smallest absolute Gasteiger partial charge is 0.315 e. The molecule has 0 unspecified atom stereocenters. The summed E-state index contributed by atoms with van der Waals surface area (Å²) in [5.41, 5.74) is 0.874. The quantitative estimate of drug-likeness (QED) is 0.520.